The second kappa shape index (κ2) is 9.11. The molecule has 2 saturated heterocycles. The van der Waals surface area contributed by atoms with Crippen LogP contribution >= 0.6 is 0 Å². The highest BCUT2D eigenvalue weighted by molar-refractivity contribution is 5.89. The summed E-state index contributed by atoms with van der Waals surface area (Å²) in [5, 5.41) is 2.56. The molecule has 3 amide bonds. The first-order chi connectivity index (χ1) is 14.6. The smallest absolute Gasteiger partial charge is 0.357 e. The molecule has 11 heteroatoms. The van der Waals surface area contributed by atoms with Gasteiger partial charge in [-0.1, -0.05) is 0 Å². The molecular weight excluding hydrogens is 415 g/mol. The van der Waals surface area contributed by atoms with E-state index in [1.54, 1.807) is 9.80 Å². The number of anilines is 1. The zero-order valence-corrected chi connectivity index (χ0v) is 17.5. The summed E-state index contributed by atoms with van der Waals surface area (Å²) in [6.07, 6.45) is -2.60. The van der Waals surface area contributed by atoms with Crippen molar-refractivity contribution < 1.29 is 27.6 Å². The number of piperazine rings is 1. The van der Waals surface area contributed by atoms with Crippen LogP contribution in [-0.4, -0.2) is 78.3 Å². The van der Waals surface area contributed by atoms with Crippen molar-refractivity contribution in [2.45, 2.75) is 32.0 Å². The molecule has 3 rings (SSSR count). The van der Waals surface area contributed by atoms with Gasteiger partial charge in [0.05, 0.1) is 12.1 Å². The minimum Gasteiger partial charge on any atom is -0.357 e. The quantitative estimate of drug-likeness (QED) is 0.760. The molecule has 8 nitrogen and oxygen atoms in total. The van der Waals surface area contributed by atoms with Gasteiger partial charge in [0.25, 0.3) is 0 Å². The molecule has 1 N–H and O–H groups in total. The van der Waals surface area contributed by atoms with Gasteiger partial charge in [0, 0.05) is 52.3 Å². The van der Waals surface area contributed by atoms with Gasteiger partial charge in [-0.3, -0.25) is 14.4 Å². The number of amides is 3. The Labute approximate surface area is 178 Å². The van der Waals surface area contributed by atoms with E-state index in [4.69, 9.17) is 0 Å². The van der Waals surface area contributed by atoms with Crippen molar-refractivity contribution in [3.63, 3.8) is 0 Å². The van der Waals surface area contributed by atoms with Crippen LogP contribution in [0.5, 0.6) is 0 Å². The fraction of sp³-hybridized carbons (Fsp3) is 0.600. The first-order valence-corrected chi connectivity index (χ1v) is 10.2. The lowest BCUT2D eigenvalue weighted by Gasteiger charge is -2.42. The normalized spacial score (nSPS) is 20.5. The topological polar surface area (TPSA) is 85.8 Å². The van der Waals surface area contributed by atoms with E-state index in [2.05, 4.69) is 10.3 Å². The van der Waals surface area contributed by atoms with Gasteiger partial charge in [0.1, 0.15) is 11.9 Å². The van der Waals surface area contributed by atoms with E-state index in [0.717, 1.165) is 12.3 Å². The highest BCUT2D eigenvalue weighted by Crippen LogP contribution is 2.30. The van der Waals surface area contributed by atoms with E-state index >= 15 is 0 Å². The van der Waals surface area contributed by atoms with E-state index in [0.29, 0.717) is 38.3 Å². The SMILES string of the molecule is CNC(=O)[C@@H]1CN(C(C)=O)CCN1C(=O)C1CCN(c2ccc(C(F)(F)F)cn2)CC1. The van der Waals surface area contributed by atoms with Crippen LogP contribution in [0.25, 0.3) is 0 Å². The van der Waals surface area contributed by atoms with Gasteiger partial charge in [-0.25, -0.2) is 4.98 Å². The minimum atomic E-state index is -4.43. The Morgan fingerprint density at radius 2 is 1.77 bits per heavy atom. The third kappa shape index (κ3) is 5.08. The molecular formula is C20H26F3N5O3. The highest BCUT2D eigenvalue weighted by Gasteiger charge is 2.39. The first kappa shape index (κ1) is 22.8. The molecule has 1 atom stereocenters. The van der Waals surface area contributed by atoms with Gasteiger partial charge in [-0.15, -0.1) is 0 Å². The predicted octanol–water partition coefficient (Wildman–Crippen LogP) is 1.12. The first-order valence-electron chi connectivity index (χ1n) is 10.2. The lowest BCUT2D eigenvalue weighted by molar-refractivity contribution is -0.150. The van der Waals surface area contributed by atoms with Crippen molar-refractivity contribution in [1.82, 2.24) is 20.1 Å². The number of rotatable bonds is 3. The molecule has 1 aromatic rings. The Bertz CT molecular complexity index is 822. The van der Waals surface area contributed by atoms with Crippen LogP contribution in [0.2, 0.25) is 0 Å². The average Bonchev–Trinajstić information content (AvgIpc) is 2.77. The maximum Gasteiger partial charge on any atom is 0.417 e. The number of alkyl halides is 3. The molecule has 3 heterocycles. The number of piperidine rings is 1. The van der Waals surface area contributed by atoms with E-state index in [1.165, 1.54) is 20.0 Å². The fourth-order valence-electron chi connectivity index (χ4n) is 4.05. The molecule has 0 aromatic carbocycles. The Kier molecular flexibility index (Phi) is 6.71. The fourth-order valence-corrected chi connectivity index (χ4v) is 4.05. The average molecular weight is 441 g/mol. The Balaban J connectivity index is 1.62. The molecule has 0 saturated carbocycles. The number of nitrogens with zero attached hydrogens (tertiary/aromatic N) is 4. The van der Waals surface area contributed by atoms with Gasteiger partial charge in [-0.2, -0.15) is 13.2 Å². The molecule has 1 aromatic heterocycles. The molecule has 0 radical (unpaired) electrons. The third-order valence-corrected chi connectivity index (χ3v) is 5.90. The molecule has 0 bridgehead atoms. The summed E-state index contributed by atoms with van der Waals surface area (Å²) >= 11 is 0. The van der Waals surface area contributed by atoms with Crippen molar-refractivity contribution in [1.29, 1.82) is 0 Å². The summed E-state index contributed by atoms with van der Waals surface area (Å²) in [5.74, 6) is -0.431. The summed E-state index contributed by atoms with van der Waals surface area (Å²) in [4.78, 5) is 46.1. The molecule has 0 spiro atoms. The van der Waals surface area contributed by atoms with Crippen molar-refractivity contribution in [2.24, 2.45) is 5.92 Å². The molecule has 2 aliphatic rings. The van der Waals surface area contributed by atoms with E-state index in [1.807, 2.05) is 4.90 Å². The van der Waals surface area contributed by atoms with Crippen LogP contribution < -0.4 is 10.2 Å². The molecule has 2 fully saturated rings. The Morgan fingerprint density at radius 1 is 1.10 bits per heavy atom. The van der Waals surface area contributed by atoms with Crippen molar-refractivity contribution in [3.8, 4) is 0 Å². The summed E-state index contributed by atoms with van der Waals surface area (Å²) in [7, 11) is 1.49. The van der Waals surface area contributed by atoms with Crippen molar-refractivity contribution in [3.05, 3.63) is 23.9 Å². The molecule has 0 aliphatic carbocycles. The maximum absolute atomic E-state index is 13.1. The zero-order valence-electron chi connectivity index (χ0n) is 17.5. The minimum absolute atomic E-state index is 0.128. The second-order valence-electron chi connectivity index (χ2n) is 7.79. The van der Waals surface area contributed by atoms with Crippen LogP contribution in [0.15, 0.2) is 18.3 Å². The number of likely N-dealkylation sites (N-methyl/N-ethyl adjacent to an activating group) is 1. The van der Waals surface area contributed by atoms with Crippen molar-refractivity contribution in [2.75, 3.05) is 44.7 Å². The van der Waals surface area contributed by atoms with Gasteiger partial charge in [0.15, 0.2) is 0 Å². The second-order valence-corrected chi connectivity index (χ2v) is 7.79. The van der Waals surface area contributed by atoms with E-state index in [-0.39, 0.29) is 36.7 Å². The summed E-state index contributed by atoms with van der Waals surface area (Å²) in [6.45, 7) is 3.22. The lowest BCUT2D eigenvalue weighted by Crippen LogP contribution is -2.62. The number of pyridine rings is 1. The number of halogens is 3. The Morgan fingerprint density at radius 3 is 2.29 bits per heavy atom. The van der Waals surface area contributed by atoms with Crippen LogP contribution in [0.1, 0.15) is 25.3 Å². The van der Waals surface area contributed by atoms with E-state index in [9.17, 15) is 27.6 Å². The number of carbonyl (C=O) groups excluding carboxylic acids is 3. The molecule has 2 aliphatic heterocycles. The largest absolute Gasteiger partial charge is 0.417 e. The van der Waals surface area contributed by atoms with Crippen LogP contribution in [0.4, 0.5) is 19.0 Å². The van der Waals surface area contributed by atoms with Gasteiger partial charge < -0.3 is 20.0 Å². The molecule has 0 unspecified atom stereocenters. The monoisotopic (exact) mass is 441 g/mol. The van der Waals surface area contributed by atoms with Crippen LogP contribution in [-0.2, 0) is 20.6 Å². The lowest BCUT2D eigenvalue weighted by atomic mass is 9.94. The Hall–Kier alpha value is -2.85. The maximum atomic E-state index is 13.1. The zero-order chi connectivity index (χ0) is 22.8. The number of hydrogen-bond acceptors (Lipinski definition) is 5. The molecule has 170 valence electrons. The summed E-state index contributed by atoms with van der Waals surface area (Å²) in [5.41, 5.74) is -0.800. The van der Waals surface area contributed by atoms with Crippen molar-refractivity contribution >= 4 is 23.5 Å². The predicted molar refractivity (Wildman–Crippen MR) is 106 cm³/mol. The van der Waals surface area contributed by atoms with Crippen LogP contribution in [0.3, 0.4) is 0 Å². The number of nitrogens with one attached hydrogen (secondary N) is 1. The van der Waals surface area contributed by atoms with E-state index < -0.39 is 17.8 Å². The van der Waals surface area contributed by atoms with Crippen LogP contribution in [0, 0.1) is 5.92 Å². The summed E-state index contributed by atoms with van der Waals surface area (Å²) < 4.78 is 38.1. The third-order valence-electron chi connectivity index (χ3n) is 5.90. The standard InChI is InChI=1S/C20H26F3N5O3/c1-13(29)27-9-10-28(16(12-27)18(30)24-2)19(31)14-5-7-26(8-6-14)17-4-3-15(11-25-17)20(21,22)23/h3-4,11,14,16H,5-10,12H2,1-2H3,(H,24,30)/t16-/m0/s1. The molecule has 31 heavy (non-hydrogen) atoms. The summed E-state index contributed by atoms with van der Waals surface area (Å²) in [6, 6.07) is 1.61. The van der Waals surface area contributed by atoms with Gasteiger partial charge in [0.2, 0.25) is 17.7 Å². The highest BCUT2D eigenvalue weighted by atomic mass is 19.4. The number of aromatic nitrogens is 1. The number of carbonyl (C=O) groups is 3. The number of hydrogen-bond donors (Lipinski definition) is 1. The van der Waals surface area contributed by atoms with Gasteiger partial charge in [-0.05, 0) is 25.0 Å². The van der Waals surface area contributed by atoms with Gasteiger partial charge >= 0.3 is 6.18 Å².